The molecule has 86 valence electrons. The second-order valence-corrected chi connectivity index (χ2v) is 4.85. The average molecular weight is 218 g/mol. The molecule has 0 spiro atoms. The topological polar surface area (TPSA) is 55.5 Å². The highest BCUT2D eigenvalue weighted by Crippen LogP contribution is 2.18. The first-order valence-electron chi connectivity index (χ1n) is 5.30. The summed E-state index contributed by atoms with van der Waals surface area (Å²) in [5.74, 6) is -0.281. The zero-order valence-corrected chi connectivity index (χ0v) is 9.97. The number of benzene rings is 1. The molecule has 1 amide bonds. The van der Waals surface area contributed by atoms with Gasteiger partial charge in [0.1, 0.15) is 0 Å². The van der Waals surface area contributed by atoms with E-state index in [0.717, 1.165) is 5.56 Å². The molecule has 0 aromatic heterocycles. The molecule has 3 nitrogen and oxygen atoms in total. The quantitative estimate of drug-likeness (QED) is 0.772. The number of rotatable bonds is 2. The van der Waals surface area contributed by atoms with Gasteiger partial charge in [0.25, 0.3) is 5.91 Å². The summed E-state index contributed by atoms with van der Waals surface area (Å²) in [5, 5.41) is 0. The Morgan fingerprint density at radius 1 is 1.31 bits per heavy atom. The third kappa shape index (κ3) is 3.59. The van der Waals surface area contributed by atoms with Crippen LogP contribution in [0.1, 0.15) is 26.3 Å². The van der Waals surface area contributed by atoms with Crippen LogP contribution in [-0.4, -0.2) is 18.2 Å². The number of carbonyl (C=O) groups excluding carboxylic acids is 1. The SMILES string of the molecule is CC(C)(C)[C@@H](N)C(=O)N=Cc1ccccc1. The van der Waals surface area contributed by atoms with E-state index in [-0.39, 0.29) is 11.3 Å². The Hall–Kier alpha value is -1.48. The van der Waals surface area contributed by atoms with Crippen LogP contribution in [0.5, 0.6) is 0 Å². The number of aliphatic imine (C=N–C) groups is 1. The first-order chi connectivity index (χ1) is 7.41. The third-order valence-electron chi connectivity index (χ3n) is 2.34. The Labute approximate surface area is 96.4 Å². The zero-order valence-electron chi connectivity index (χ0n) is 9.97. The minimum Gasteiger partial charge on any atom is -0.319 e. The molecule has 0 saturated carbocycles. The molecule has 1 rings (SSSR count). The van der Waals surface area contributed by atoms with E-state index in [1.54, 1.807) is 6.21 Å². The minimum atomic E-state index is -0.563. The van der Waals surface area contributed by atoms with Gasteiger partial charge in [0.15, 0.2) is 0 Å². The van der Waals surface area contributed by atoms with E-state index in [9.17, 15) is 4.79 Å². The van der Waals surface area contributed by atoms with Gasteiger partial charge < -0.3 is 5.73 Å². The van der Waals surface area contributed by atoms with Crippen LogP contribution in [0.4, 0.5) is 0 Å². The Morgan fingerprint density at radius 3 is 2.38 bits per heavy atom. The van der Waals surface area contributed by atoms with Gasteiger partial charge in [0.2, 0.25) is 0 Å². The van der Waals surface area contributed by atoms with Gasteiger partial charge in [-0.2, -0.15) is 0 Å². The largest absolute Gasteiger partial charge is 0.319 e. The van der Waals surface area contributed by atoms with Gasteiger partial charge in [-0.1, -0.05) is 51.1 Å². The van der Waals surface area contributed by atoms with Gasteiger partial charge >= 0.3 is 0 Å². The Bertz CT molecular complexity index is 377. The Balaban J connectivity index is 2.69. The second-order valence-electron chi connectivity index (χ2n) is 4.85. The lowest BCUT2D eigenvalue weighted by molar-refractivity contribution is -0.121. The highest BCUT2D eigenvalue weighted by atomic mass is 16.1. The molecule has 0 unspecified atom stereocenters. The zero-order chi connectivity index (χ0) is 12.2. The molecular weight excluding hydrogens is 200 g/mol. The summed E-state index contributed by atoms with van der Waals surface area (Å²) in [4.78, 5) is 15.5. The van der Waals surface area contributed by atoms with Crippen molar-refractivity contribution >= 4 is 12.1 Å². The highest BCUT2D eigenvalue weighted by Gasteiger charge is 2.26. The normalized spacial score (nSPS) is 14.0. The van der Waals surface area contributed by atoms with E-state index in [2.05, 4.69) is 4.99 Å². The van der Waals surface area contributed by atoms with Crippen LogP contribution >= 0.6 is 0 Å². The molecule has 2 N–H and O–H groups in total. The number of amides is 1. The van der Waals surface area contributed by atoms with Crippen molar-refractivity contribution in [3.8, 4) is 0 Å². The summed E-state index contributed by atoms with van der Waals surface area (Å²) in [6.45, 7) is 5.77. The summed E-state index contributed by atoms with van der Waals surface area (Å²) < 4.78 is 0. The maximum atomic E-state index is 11.6. The number of carbonyl (C=O) groups is 1. The van der Waals surface area contributed by atoms with Crippen molar-refractivity contribution in [3.63, 3.8) is 0 Å². The van der Waals surface area contributed by atoms with Crippen LogP contribution < -0.4 is 5.73 Å². The van der Waals surface area contributed by atoms with Gasteiger partial charge in [-0.15, -0.1) is 0 Å². The van der Waals surface area contributed by atoms with Crippen LogP contribution in [0.25, 0.3) is 0 Å². The van der Waals surface area contributed by atoms with Gasteiger partial charge in [-0.25, -0.2) is 4.99 Å². The lowest BCUT2D eigenvalue weighted by atomic mass is 9.87. The summed E-state index contributed by atoms with van der Waals surface area (Å²) >= 11 is 0. The highest BCUT2D eigenvalue weighted by molar-refractivity contribution is 5.94. The van der Waals surface area contributed by atoms with E-state index in [0.29, 0.717) is 0 Å². The number of hydrogen-bond donors (Lipinski definition) is 1. The lowest BCUT2D eigenvalue weighted by Crippen LogP contribution is -2.41. The lowest BCUT2D eigenvalue weighted by Gasteiger charge is -2.23. The fraction of sp³-hybridized carbons (Fsp3) is 0.385. The van der Waals surface area contributed by atoms with Crippen molar-refractivity contribution in [1.29, 1.82) is 0 Å². The van der Waals surface area contributed by atoms with Crippen LogP contribution in [0.15, 0.2) is 35.3 Å². The molecule has 1 aromatic rings. The molecule has 0 heterocycles. The van der Waals surface area contributed by atoms with E-state index < -0.39 is 6.04 Å². The van der Waals surface area contributed by atoms with Gasteiger partial charge in [0, 0.05) is 6.21 Å². The summed E-state index contributed by atoms with van der Waals surface area (Å²) in [7, 11) is 0. The van der Waals surface area contributed by atoms with Crippen molar-refractivity contribution in [2.75, 3.05) is 0 Å². The minimum absolute atomic E-state index is 0.259. The predicted octanol–water partition coefficient (Wildman–Crippen LogP) is 2.01. The molecule has 0 bridgehead atoms. The molecule has 1 atom stereocenters. The van der Waals surface area contributed by atoms with Crippen molar-refractivity contribution in [3.05, 3.63) is 35.9 Å². The molecular formula is C13H18N2O. The number of hydrogen-bond acceptors (Lipinski definition) is 2. The van der Waals surface area contributed by atoms with Gasteiger partial charge in [-0.3, -0.25) is 4.79 Å². The van der Waals surface area contributed by atoms with Crippen molar-refractivity contribution < 1.29 is 4.79 Å². The van der Waals surface area contributed by atoms with Crippen LogP contribution in [-0.2, 0) is 4.79 Å². The first kappa shape index (κ1) is 12.6. The Kier molecular flexibility index (Phi) is 3.96. The van der Waals surface area contributed by atoms with Gasteiger partial charge in [0.05, 0.1) is 6.04 Å². The summed E-state index contributed by atoms with van der Waals surface area (Å²) in [5.41, 5.74) is 6.44. The van der Waals surface area contributed by atoms with Gasteiger partial charge in [-0.05, 0) is 11.0 Å². The van der Waals surface area contributed by atoms with E-state index in [1.807, 2.05) is 51.1 Å². The van der Waals surface area contributed by atoms with Crippen molar-refractivity contribution in [2.45, 2.75) is 26.8 Å². The van der Waals surface area contributed by atoms with Crippen LogP contribution in [0.3, 0.4) is 0 Å². The molecule has 1 aromatic carbocycles. The monoisotopic (exact) mass is 218 g/mol. The smallest absolute Gasteiger partial charge is 0.263 e. The molecule has 0 saturated heterocycles. The molecule has 3 heteroatoms. The fourth-order valence-corrected chi connectivity index (χ4v) is 1.13. The first-order valence-corrected chi connectivity index (χ1v) is 5.30. The van der Waals surface area contributed by atoms with E-state index in [4.69, 9.17) is 5.73 Å². The van der Waals surface area contributed by atoms with Crippen LogP contribution in [0.2, 0.25) is 0 Å². The molecule has 0 fully saturated rings. The number of nitrogens with zero attached hydrogens (tertiary/aromatic N) is 1. The maximum Gasteiger partial charge on any atom is 0.263 e. The fourth-order valence-electron chi connectivity index (χ4n) is 1.13. The summed E-state index contributed by atoms with van der Waals surface area (Å²) in [6, 6.07) is 8.93. The number of nitrogens with two attached hydrogens (primary N) is 1. The molecule has 0 aliphatic heterocycles. The Morgan fingerprint density at radius 2 is 1.88 bits per heavy atom. The molecule has 16 heavy (non-hydrogen) atoms. The summed E-state index contributed by atoms with van der Waals surface area (Å²) in [6.07, 6.45) is 1.55. The van der Waals surface area contributed by atoms with E-state index in [1.165, 1.54) is 0 Å². The van der Waals surface area contributed by atoms with Crippen LogP contribution in [0, 0.1) is 5.41 Å². The molecule has 0 aliphatic rings. The predicted molar refractivity (Wildman–Crippen MR) is 66.5 cm³/mol. The third-order valence-corrected chi connectivity index (χ3v) is 2.34. The van der Waals surface area contributed by atoms with Crippen molar-refractivity contribution in [1.82, 2.24) is 0 Å². The molecule has 0 aliphatic carbocycles. The van der Waals surface area contributed by atoms with Crippen molar-refractivity contribution in [2.24, 2.45) is 16.1 Å². The standard InChI is InChI=1S/C13H18N2O/c1-13(2,3)11(14)12(16)15-9-10-7-5-4-6-8-10/h4-9,11H,14H2,1-3H3/t11-/m0/s1. The van der Waals surface area contributed by atoms with E-state index >= 15 is 0 Å². The molecule has 0 radical (unpaired) electrons. The second kappa shape index (κ2) is 5.03. The maximum absolute atomic E-state index is 11.6. The average Bonchev–Trinajstić information content (AvgIpc) is 2.25.